The summed E-state index contributed by atoms with van der Waals surface area (Å²) < 4.78 is 65.5. The number of nitrogens with one attached hydrogen (secondary N) is 1. The zero-order valence-corrected chi connectivity index (χ0v) is 18.1. The molecule has 0 fully saturated rings. The molecule has 0 aliphatic heterocycles. The molecule has 0 aromatic heterocycles. The van der Waals surface area contributed by atoms with Gasteiger partial charge in [0.15, 0.2) is 0 Å². The number of carbonyl (C=O) groups is 1. The monoisotopic (exact) mass is 482 g/mol. The number of nitrogens with zero attached hydrogens (tertiary/aromatic N) is 1. The predicted octanol–water partition coefficient (Wildman–Crippen LogP) is 5.19. The SMILES string of the molecule is O=C(CN(Cc1ccccc1)S(=O)(=O)c1ccc(Cl)cc1)Nc1ccc(C(F)(F)F)cc1. The van der Waals surface area contributed by atoms with E-state index < -0.39 is 34.2 Å². The fourth-order valence-corrected chi connectivity index (χ4v) is 4.38. The normalized spacial score (nSPS) is 12.0. The number of hydrogen-bond acceptors (Lipinski definition) is 3. The first-order valence-electron chi connectivity index (χ1n) is 9.32. The van der Waals surface area contributed by atoms with Gasteiger partial charge in [0, 0.05) is 17.3 Å². The van der Waals surface area contributed by atoms with Crippen molar-refractivity contribution >= 4 is 33.2 Å². The number of benzene rings is 3. The van der Waals surface area contributed by atoms with Gasteiger partial charge in [0.2, 0.25) is 15.9 Å². The minimum atomic E-state index is -4.50. The maximum absolute atomic E-state index is 13.2. The lowest BCUT2D eigenvalue weighted by atomic mass is 10.2. The summed E-state index contributed by atoms with van der Waals surface area (Å²) in [5, 5.41) is 2.80. The molecule has 0 saturated heterocycles. The fourth-order valence-electron chi connectivity index (χ4n) is 2.87. The Morgan fingerprint density at radius 3 is 2.06 bits per heavy atom. The van der Waals surface area contributed by atoms with Crippen molar-refractivity contribution in [1.29, 1.82) is 0 Å². The quantitative estimate of drug-likeness (QED) is 0.504. The summed E-state index contributed by atoms with van der Waals surface area (Å²) in [6, 6.07) is 18.1. The van der Waals surface area contributed by atoms with Crippen LogP contribution in [0, 0.1) is 0 Å². The summed E-state index contributed by atoms with van der Waals surface area (Å²) in [5.41, 5.74) is -0.0783. The van der Waals surface area contributed by atoms with Gasteiger partial charge in [-0.1, -0.05) is 41.9 Å². The molecule has 0 spiro atoms. The third kappa shape index (κ3) is 6.09. The fraction of sp³-hybridized carbons (Fsp3) is 0.136. The number of carbonyl (C=O) groups excluding carboxylic acids is 1. The molecule has 0 heterocycles. The highest BCUT2D eigenvalue weighted by molar-refractivity contribution is 7.89. The van der Waals surface area contributed by atoms with E-state index in [1.807, 2.05) is 0 Å². The van der Waals surface area contributed by atoms with E-state index in [2.05, 4.69) is 5.32 Å². The molecular formula is C22H18ClF3N2O3S. The average molecular weight is 483 g/mol. The molecule has 10 heteroatoms. The average Bonchev–Trinajstić information content (AvgIpc) is 2.74. The first-order valence-corrected chi connectivity index (χ1v) is 11.1. The van der Waals surface area contributed by atoms with Crippen molar-refractivity contribution in [3.05, 3.63) is 95.0 Å². The number of rotatable bonds is 7. The first kappa shape index (κ1) is 23.8. The van der Waals surface area contributed by atoms with Crippen LogP contribution in [0.2, 0.25) is 5.02 Å². The topological polar surface area (TPSA) is 66.5 Å². The molecule has 3 aromatic carbocycles. The van der Waals surface area contributed by atoms with Crippen LogP contribution in [-0.2, 0) is 27.5 Å². The van der Waals surface area contributed by atoms with Crippen molar-refractivity contribution in [1.82, 2.24) is 4.31 Å². The molecule has 5 nitrogen and oxygen atoms in total. The molecule has 3 aromatic rings. The van der Waals surface area contributed by atoms with E-state index in [-0.39, 0.29) is 17.1 Å². The maximum atomic E-state index is 13.2. The molecule has 0 aliphatic rings. The van der Waals surface area contributed by atoms with Crippen molar-refractivity contribution in [2.45, 2.75) is 17.6 Å². The summed E-state index contributed by atoms with van der Waals surface area (Å²) >= 11 is 5.84. The van der Waals surface area contributed by atoms with Gasteiger partial charge in [-0.3, -0.25) is 4.79 Å². The lowest BCUT2D eigenvalue weighted by Crippen LogP contribution is -2.37. The molecule has 168 valence electrons. The van der Waals surface area contributed by atoms with E-state index in [0.29, 0.717) is 10.6 Å². The minimum absolute atomic E-state index is 0.0415. The molecule has 32 heavy (non-hydrogen) atoms. The Hall–Kier alpha value is -2.88. The Balaban J connectivity index is 1.82. The lowest BCUT2D eigenvalue weighted by Gasteiger charge is -2.22. The zero-order chi connectivity index (χ0) is 23.4. The van der Waals surface area contributed by atoms with E-state index in [4.69, 9.17) is 11.6 Å². The zero-order valence-electron chi connectivity index (χ0n) is 16.5. The van der Waals surface area contributed by atoms with Crippen LogP contribution in [0.3, 0.4) is 0 Å². The van der Waals surface area contributed by atoms with Crippen LogP contribution in [0.1, 0.15) is 11.1 Å². The van der Waals surface area contributed by atoms with E-state index in [0.717, 1.165) is 28.6 Å². The number of anilines is 1. The largest absolute Gasteiger partial charge is 0.416 e. The summed E-state index contributed by atoms with van der Waals surface area (Å²) in [6.45, 7) is -0.618. The van der Waals surface area contributed by atoms with Crippen LogP contribution in [0.5, 0.6) is 0 Å². The highest BCUT2D eigenvalue weighted by atomic mass is 35.5. The maximum Gasteiger partial charge on any atom is 0.416 e. The molecule has 0 bridgehead atoms. The molecule has 1 N–H and O–H groups in total. The van der Waals surface area contributed by atoms with Crippen LogP contribution in [-0.4, -0.2) is 25.2 Å². The molecule has 1 amide bonds. The van der Waals surface area contributed by atoms with E-state index >= 15 is 0 Å². The summed E-state index contributed by atoms with van der Waals surface area (Å²) in [4.78, 5) is 12.5. The number of amides is 1. The van der Waals surface area contributed by atoms with Gasteiger partial charge in [-0.2, -0.15) is 17.5 Å². The van der Waals surface area contributed by atoms with Gasteiger partial charge < -0.3 is 5.32 Å². The summed E-state index contributed by atoms with van der Waals surface area (Å²) in [6.07, 6.45) is -4.50. The van der Waals surface area contributed by atoms with Crippen molar-refractivity contribution in [2.24, 2.45) is 0 Å². The molecular weight excluding hydrogens is 465 g/mol. The van der Waals surface area contributed by atoms with Crippen molar-refractivity contribution in [2.75, 3.05) is 11.9 Å². The highest BCUT2D eigenvalue weighted by Crippen LogP contribution is 2.30. The second-order valence-electron chi connectivity index (χ2n) is 6.84. The van der Waals surface area contributed by atoms with Crippen LogP contribution in [0.15, 0.2) is 83.8 Å². The van der Waals surface area contributed by atoms with Gasteiger partial charge in [-0.15, -0.1) is 0 Å². The Morgan fingerprint density at radius 1 is 0.906 bits per heavy atom. The predicted molar refractivity (Wildman–Crippen MR) is 116 cm³/mol. The second kappa shape index (κ2) is 9.72. The molecule has 0 saturated carbocycles. The van der Waals surface area contributed by atoms with E-state index in [1.165, 1.54) is 24.3 Å². The summed E-state index contributed by atoms with van der Waals surface area (Å²) in [7, 11) is -4.06. The van der Waals surface area contributed by atoms with E-state index in [9.17, 15) is 26.4 Å². The lowest BCUT2D eigenvalue weighted by molar-refractivity contribution is -0.137. The standard InChI is InChI=1S/C22H18ClF3N2O3S/c23-18-8-12-20(13-9-18)32(30,31)28(14-16-4-2-1-3-5-16)15-21(29)27-19-10-6-17(7-11-19)22(24,25)26/h1-13H,14-15H2,(H,27,29). The minimum Gasteiger partial charge on any atom is -0.325 e. The van der Waals surface area contributed by atoms with Crippen molar-refractivity contribution in [3.63, 3.8) is 0 Å². The Labute approximate surface area is 188 Å². The van der Waals surface area contributed by atoms with Crippen molar-refractivity contribution in [3.8, 4) is 0 Å². The molecule has 3 rings (SSSR count). The number of alkyl halides is 3. The highest BCUT2D eigenvalue weighted by Gasteiger charge is 2.30. The Morgan fingerprint density at radius 2 is 1.50 bits per heavy atom. The summed E-state index contributed by atoms with van der Waals surface area (Å²) in [5.74, 6) is -0.696. The van der Waals surface area contributed by atoms with Crippen LogP contribution < -0.4 is 5.32 Å². The third-order valence-electron chi connectivity index (χ3n) is 4.47. The van der Waals surface area contributed by atoms with Gasteiger partial charge in [0.1, 0.15) is 0 Å². The Bertz CT molecular complexity index is 1170. The number of halogens is 4. The van der Waals surface area contributed by atoms with Crippen LogP contribution in [0.4, 0.5) is 18.9 Å². The number of sulfonamides is 1. The molecule has 0 atom stereocenters. The van der Waals surface area contributed by atoms with E-state index in [1.54, 1.807) is 30.3 Å². The third-order valence-corrected chi connectivity index (χ3v) is 6.53. The molecule has 0 aliphatic carbocycles. The van der Waals surface area contributed by atoms with Crippen LogP contribution >= 0.6 is 11.6 Å². The molecule has 0 radical (unpaired) electrons. The first-order chi connectivity index (χ1) is 15.1. The Kier molecular flexibility index (Phi) is 7.22. The van der Waals surface area contributed by atoms with Gasteiger partial charge in [-0.05, 0) is 54.1 Å². The van der Waals surface area contributed by atoms with Gasteiger partial charge >= 0.3 is 6.18 Å². The van der Waals surface area contributed by atoms with Gasteiger partial charge in [0.05, 0.1) is 17.0 Å². The van der Waals surface area contributed by atoms with Crippen LogP contribution in [0.25, 0.3) is 0 Å². The van der Waals surface area contributed by atoms with Gasteiger partial charge in [0.25, 0.3) is 0 Å². The van der Waals surface area contributed by atoms with Gasteiger partial charge in [-0.25, -0.2) is 8.42 Å². The number of hydrogen-bond donors (Lipinski definition) is 1. The molecule has 0 unspecified atom stereocenters. The smallest absolute Gasteiger partial charge is 0.325 e. The van der Waals surface area contributed by atoms with Crippen molar-refractivity contribution < 1.29 is 26.4 Å². The second-order valence-corrected chi connectivity index (χ2v) is 9.21.